The van der Waals surface area contributed by atoms with E-state index >= 15 is 0 Å². The Hall–Kier alpha value is -2.60. The van der Waals surface area contributed by atoms with Gasteiger partial charge in [0.15, 0.2) is 5.16 Å². The highest BCUT2D eigenvalue weighted by molar-refractivity contribution is 8.00. The van der Waals surface area contributed by atoms with E-state index in [1.807, 2.05) is 56.3 Å². The number of hydrogen-bond donors (Lipinski definition) is 1. The second-order valence-corrected chi connectivity index (χ2v) is 7.98. The van der Waals surface area contributed by atoms with Crippen molar-refractivity contribution < 1.29 is 4.79 Å². The predicted octanol–water partition coefficient (Wildman–Crippen LogP) is 4.49. The number of nitrogens with zero attached hydrogens (tertiary/aromatic N) is 2. The van der Waals surface area contributed by atoms with Crippen LogP contribution < -0.4 is 10.9 Å². The topological polar surface area (TPSA) is 64.0 Å². The molecule has 0 fully saturated rings. The van der Waals surface area contributed by atoms with E-state index in [0.717, 1.165) is 18.5 Å². The highest BCUT2D eigenvalue weighted by Crippen LogP contribution is 2.24. The molecule has 0 radical (unpaired) electrons. The normalized spacial score (nSPS) is 12.1. The first-order valence-corrected chi connectivity index (χ1v) is 10.5. The van der Waals surface area contributed by atoms with Crippen molar-refractivity contribution >= 4 is 34.3 Å². The zero-order valence-electron chi connectivity index (χ0n) is 16.4. The molecule has 146 valence electrons. The van der Waals surface area contributed by atoms with Gasteiger partial charge in [-0.25, -0.2) is 4.98 Å². The van der Waals surface area contributed by atoms with Gasteiger partial charge in [-0.2, -0.15) is 0 Å². The average molecular weight is 396 g/mol. The quantitative estimate of drug-likeness (QED) is 0.473. The lowest BCUT2D eigenvalue weighted by atomic mass is 10.1. The lowest BCUT2D eigenvalue weighted by Gasteiger charge is -2.16. The van der Waals surface area contributed by atoms with Crippen LogP contribution >= 0.6 is 11.8 Å². The molecule has 0 saturated carbocycles. The van der Waals surface area contributed by atoms with E-state index in [1.165, 1.54) is 17.3 Å². The van der Waals surface area contributed by atoms with Crippen LogP contribution in [0.1, 0.15) is 32.8 Å². The number of para-hydroxylation sites is 1. The van der Waals surface area contributed by atoms with Gasteiger partial charge in [-0.1, -0.05) is 49.9 Å². The summed E-state index contributed by atoms with van der Waals surface area (Å²) in [5, 5.41) is 3.74. The lowest BCUT2D eigenvalue weighted by Crippen LogP contribution is -2.27. The SMILES string of the molecule is CCCn1c(S[C@@H](C)C(=O)Nc2ccc(CC)cc2)nc2ccccc2c1=O. The summed E-state index contributed by atoms with van der Waals surface area (Å²) in [6.07, 6.45) is 1.78. The molecular formula is C22H25N3O2S. The molecule has 5 nitrogen and oxygen atoms in total. The number of aryl methyl sites for hydroxylation is 1. The Labute approximate surface area is 169 Å². The van der Waals surface area contributed by atoms with Crippen LogP contribution in [0.3, 0.4) is 0 Å². The van der Waals surface area contributed by atoms with Gasteiger partial charge >= 0.3 is 0 Å². The van der Waals surface area contributed by atoms with E-state index in [1.54, 1.807) is 10.6 Å². The molecule has 1 atom stereocenters. The number of amides is 1. The first-order valence-electron chi connectivity index (χ1n) is 9.59. The van der Waals surface area contributed by atoms with E-state index in [4.69, 9.17) is 0 Å². The Morgan fingerprint density at radius 3 is 2.54 bits per heavy atom. The third-order valence-corrected chi connectivity index (χ3v) is 5.65. The molecule has 0 saturated heterocycles. The number of rotatable bonds is 7. The van der Waals surface area contributed by atoms with Crippen LogP contribution in [-0.2, 0) is 17.8 Å². The largest absolute Gasteiger partial charge is 0.325 e. The summed E-state index contributed by atoms with van der Waals surface area (Å²) in [7, 11) is 0. The Morgan fingerprint density at radius 1 is 1.14 bits per heavy atom. The van der Waals surface area contributed by atoms with Gasteiger partial charge in [-0.3, -0.25) is 14.2 Å². The number of aromatic nitrogens is 2. The summed E-state index contributed by atoms with van der Waals surface area (Å²) in [6.45, 7) is 6.52. The Bertz CT molecular complexity index is 1030. The second kappa shape index (κ2) is 9.06. The molecule has 1 heterocycles. The lowest BCUT2D eigenvalue weighted by molar-refractivity contribution is -0.115. The predicted molar refractivity (Wildman–Crippen MR) is 116 cm³/mol. The van der Waals surface area contributed by atoms with Crippen LogP contribution in [0, 0.1) is 0 Å². The van der Waals surface area contributed by atoms with Crippen molar-refractivity contribution in [1.29, 1.82) is 0 Å². The summed E-state index contributed by atoms with van der Waals surface area (Å²) in [5.74, 6) is -0.111. The van der Waals surface area contributed by atoms with Crippen LogP contribution in [0.5, 0.6) is 0 Å². The van der Waals surface area contributed by atoms with Crippen LogP contribution in [0.15, 0.2) is 58.5 Å². The molecule has 3 aromatic rings. The highest BCUT2D eigenvalue weighted by atomic mass is 32.2. The number of carbonyl (C=O) groups is 1. The van der Waals surface area contributed by atoms with Gasteiger partial charge in [-0.05, 0) is 49.6 Å². The molecule has 0 aliphatic rings. The molecule has 28 heavy (non-hydrogen) atoms. The van der Waals surface area contributed by atoms with E-state index in [2.05, 4.69) is 17.2 Å². The van der Waals surface area contributed by atoms with Gasteiger partial charge in [0.05, 0.1) is 16.2 Å². The zero-order valence-corrected chi connectivity index (χ0v) is 17.3. The zero-order chi connectivity index (χ0) is 20.1. The Morgan fingerprint density at radius 2 is 1.86 bits per heavy atom. The number of thioether (sulfide) groups is 1. The second-order valence-electron chi connectivity index (χ2n) is 6.67. The van der Waals surface area contributed by atoms with E-state index in [-0.39, 0.29) is 16.7 Å². The van der Waals surface area contributed by atoms with Gasteiger partial charge < -0.3 is 5.32 Å². The van der Waals surface area contributed by atoms with Gasteiger partial charge in [0.2, 0.25) is 5.91 Å². The van der Waals surface area contributed by atoms with Gasteiger partial charge in [-0.15, -0.1) is 0 Å². The molecule has 0 spiro atoms. The van der Waals surface area contributed by atoms with Gasteiger partial charge in [0.25, 0.3) is 5.56 Å². The van der Waals surface area contributed by atoms with E-state index in [0.29, 0.717) is 22.6 Å². The minimum atomic E-state index is -0.387. The molecule has 0 unspecified atom stereocenters. The first kappa shape index (κ1) is 20.1. The highest BCUT2D eigenvalue weighted by Gasteiger charge is 2.19. The minimum Gasteiger partial charge on any atom is -0.325 e. The first-order chi connectivity index (χ1) is 13.5. The van der Waals surface area contributed by atoms with Crippen LogP contribution in [0.4, 0.5) is 5.69 Å². The third kappa shape index (κ3) is 4.44. The maximum atomic E-state index is 12.9. The maximum absolute atomic E-state index is 12.9. The summed E-state index contributed by atoms with van der Waals surface area (Å²) < 4.78 is 1.67. The molecule has 6 heteroatoms. The summed E-state index contributed by atoms with van der Waals surface area (Å²) in [5.41, 5.74) is 2.60. The number of nitrogens with one attached hydrogen (secondary N) is 1. The van der Waals surface area contributed by atoms with Crippen LogP contribution in [0.25, 0.3) is 10.9 Å². The van der Waals surface area contributed by atoms with E-state index in [9.17, 15) is 9.59 Å². The molecule has 0 bridgehead atoms. The summed E-state index contributed by atoms with van der Waals surface area (Å²) in [4.78, 5) is 30.1. The minimum absolute atomic E-state index is 0.0577. The smallest absolute Gasteiger partial charge is 0.262 e. The maximum Gasteiger partial charge on any atom is 0.262 e. The van der Waals surface area contributed by atoms with Gasteiger partial charge in [0.1, 0.15) is 0 Å². The fraction of sp³-hybridized carbons (Fsp3) is 0.318. The molecule has 0 aliphatic heterocycles. The van der Waals surface area contributed by atoms with E-state index < -0.39 is 0 Å². The van der Waals surface area contributed by atoms with Crippen molar-refractivity contribution in [3.63, 3.8) is 0 Å². The number of hydrogen-bond acceptors (Lipinski definition) is 4. The molecule has 1 N–H and O–H groups in total. The molecule has 1 aromatic heterocycles. The van der Waals surface area contributed by atoms with Crippen molar-refractivity contribution in [2.45, 2.75) is 50.6 Å². The molecule has 1 amide bonds. The Balaban J connectivity index is 1.82. The fourth-order valence-corrected chi connectivity index (χ4v) is 3.87. The number of anilines is 1. The van der Waals surface area contributed by atoms with Crippen molar-refractivity contribution in [2.75, 3.05) is 5.32 Å². The average Bonchev–Trinajstić information content (AvgIpc) is 2.71. The molecule has 0 aliphatic carbocycles. The molecule has 2 aromatic carbocycles. The van der Waals surface area contributed by atoms with Crippen molar-refractivity contribution in [3.8, 4) is 0 Å². The number of fused-ring (bicyclic) bond motifs is 1. The summed E-state index contributed by atoms with van der Waals surface area (Å²) in [6, 6.07) is 15.2. The molecular weight excluding hydrogens is 370 g/mol. The monoisotopic (exact) mass is 395 g/mol. The third-order valence-electron chi connectivity index (χ3n) is 4.55. The molecule has 3 rings (SSSR count). The van der Waals surface area contributed by atoms with Crippen molar-refractivity contribution in [2.24, 2.45) is 0 Å². The summed E-state index contributed by atoms with van der Waals surface area (Å²) >= 11 is 1.31. The Kier molecular flexibility index (Phi) is 6.52. The van der Waals surface area contributed by atoms with Gasteiger partial charge in [0, 0.05) is 12.2 Å². The fourth-order valence-electron chi connectivity index (χ4n) is 2.94. The van der Waals surface area contributed by atoms with Crippen molar-refractivity contribution in [3.05, 3.63) is 64.4 Å². The van der Waals surface area contributed by atoms with Crippen LogP contribution in [0.2, 0.25) is 0 Å². The van der Waals surface area contributed by atoms with Crippen LogP contribution in [-0.4, -0.2) is 20.7 Å². The number of carbonyl (C=O) groups excluding carboxylic acids is 1. The number of benzene rings is 2. The van der Waals surface area contributed by atoms with Crippen molar-refractivity contribution in [1.82, 2.24) is 9.55 Å². The standard InChI is InChI=1S/C22H25N3O2S/c1-4-14-25-21(27)18-8-6-7-9-19(18)24-22(25)28-15(3)20(26)23-17-12-10-16(5-2)11-13-17/h6-13,15H,4-5,14H2,1-3H3,(H,23,26)/t15-/m0/s1.